The van der Waals surface area contributed by atoms with Crippen LogP contribution in [0.15, 0.2) is 12.3 Å². The number of halogens is 1. The van der Waals surface area contributed by atoms with Crippen molar-refractivity contribution in [2.24, 2.45) is 5.92 Å². The number of aromatic nitrogens is 1. The largest absolute Gasteiger partial charge is 0.296 e. The van der Waals surface area contributed by atoms with Gasteiger partial charge in [0.15, 0.2) is 0 Å². The molecule has 0 radical (unpaired) electrons. The van der Waals surface area contributed by atoms with Crippen LogP contribution in [0.1, 0.15) is 17.5 Å². The van der Waals surface area contributed by atoms with Crippen molar-refractivity contribution in [1.29, 1.82) is 5.26 Å². The van der Waals surface area contributed by atoms with Gasteiger partial charge in [0.2, 0.25) is 15.0 Å². The molecule has 2 heterocycles. The molecule has 1 atom stereocenters. The molecule has 0 spiro atoms. The lowest BCUT2D eigenvalue weighted by molar-refractivity contribution is -0.117. The summed E-state index contributed by atoms with van der Waals surface area (Å²) in [5.41, 5.74) is 1.12. The number of amides is 1. The van der Waals surface area contributed by atoms with Crippen molar-refractivity contribution in [3.05, 3.63) is 23.4 Å². The number of anilines is 1. The van der Waals surface area contributed by atoms with E-state index in [2.05, 4.69) is 4.98 Å². The number of rotatable bonds is 3. The predicted octanol–water partition coefficient (Wildman–Crippen LogP) is 1.18. The second kappa shape index (κ2) is 5.38. The third kappa shape index (κ3) is 3.26. The fourth-order valence-electron chi connectivity index (χ4n) is 2.29. The van der Waals surface area contributed by atoms with Crippen LogP contribution in [-0.2, 0) is 13.8 Å². The van der Waals surface area contributed by atoms with Gasteiger partial charge in [0.05, 0.1) is 11.3 Å². The summed E-state index contributed by atoms with van der Waals surface area (Å²) in [5, 5.41) is 8.79. The summed E-state index contributed by atoms with van der Waals surface area (Å²) in [6.45, 7) is 2.02. The number of nitrogens with zero attached hydrogens (tertiary/aromatic N) is 3. The van der Waals surface area contributed by atoms with E-state index in [0.717, 1.165) is 0 Å². The van der Waals surface area contributed by atoms with E-state index in [0.29, 0.717) is 16.9 Å². The van der Waals surface area contributed by atoms with Gasteiger partial charge in [0.25, 0.3) is 0 Å². The van der Waals surface area contributed by atoms with Crippen LogP contribution in [0, 0.1) is 24.2 Å². The zero-order valence-corrected chi connectivity index (χ0v) is 12.3. The van der Waals surface area contributed by atoms with Crippen molar-refractivity contribution in [2.45, 2.75) is 13.3 Å². The maximum Gasteiger partial charge on any atom is 0.232 e. The highest BCUT2D eigenvalue weighted by atomic mass is 35.7. The van der Waals surface area contributed by atoms with E-state index < -0.39 is 9.05 Å². The van der Waals surface area contributed by atoms with Crippen LogP contribution >= 0.6 is 10.7 Å². The summed E-state index contributed by atoms with van der Waals surface area (Å²) in [7, 11) is 1.59. The average Bonchev–Trinajstić information content (AvgIpc) is 2.67. The van der Waals surface area contributed by atoms with E-state index in [1.54, 1.807) is 13.0 Å². The molecule has 1 amide bonds. The van der Waals surface area contributed by atoms with E-state index in [9.17, 15) is 13.2 Å². The van der Waals surface area contributed by atoms with Gasteiger partial charge in [0, 0.05) is 35.8 Å². The molecule has 1 aliphatic heterocycles. The fourth-order valence-corrected chi connectivity index (χ4v) is 3.61. The molecule has 1 aromatic rings. The van der Waals surface area contributed by atoms with Crippen LogP contribution in [0.2, 0.25) is 0 Å². The first-order valence-electron chi connectivity index (χ1n) is 5.89. The van der Waals surface area contributed by atoms with Gasteiger partial charge in [-0.25, -0.2) is 13.4 Å². The Balaban J connectivity index is 2.22. The Morgan fingerprint density at radius 1 is 1.60 bits per heavy atom. The summed E-state index contributed by atoms with van der Waals surface area (Å²) in [4.78, 5) is 17.5. The number of carbonyl (C=O) groups excluding carboxylic acids is 1. The number of hydrogen-bond donors (Lipinski definition) is 0. The standard InChI is InChI=1S/C12H12ClN3O3S/c1-8-2-9(4-14)5-15-12(8)16-6-10(3-11(16)17)7-20(13,18)19/h2,5,10H,3,6-7H2,1H3. The molecule has 0 saturated carbocycles. The molecule has 1 saturated heterocycles. The van der Waals surface area contributed by atoms with Crippen molar-refractivity contribution < 1.29 is 13.2 Å². The molecule has 1 fully saturated rings. The van der Waals surface area contributed by atoms with Crippen LogP contribution in [-0.4, -0.2) is 31.6 Å². The van der Waals surface area contributed by atoms with Gasteiger partial charge < -0.3 is 0 Å². The zero-order chi connectivity index (χ0) is 14.9. The minimum absolute atomic E-state index is 0.132. The highest BCUT2D eigenvalue weighted by molar-refractivity contribution is 8.13. The van der Waals surface area contributed by atoms with Crippen molar-refractivity contribution in [2.75, 3.05) is 17.2 Å². The highest BCUT2D eigenvalue weighted by Gasteiger charge is 2.34. The van der Waals surface area contributed by atoms with Crippen LogP contribution < -0.4 is 4.90 Å². The maximum absolute atomic E-state index is 12.0. The zero-order valence-electron chi connectivity index (χ0n) is 10.7. The van der Waals surface area contributed by atoms with E-state index in [-0.39, 0.29) is 30.5 Å². The van der Waals surface area contributed by atoms with Crippen LogP contribution in [0.3, 0.4) is 0 Å². The Hall–Kier alpha value is -1.65. The van der Waals surface area contributed by atoms with Crippen LogP contribution in [0.25, 0.3) is 0 Å². The lowest BCUT2D eigenvalue weighted by atomic mass is 10.1. The first-order chi connectivity index (χ1) is 9.30. The maximum atomic E-state index is 12.0. The monoisotopic (exact) mass is 313 g/mol. The van der Waals surface area contributed by atoms with E-state index >= 15 is 0 Å². The molecule has 1 aliphatic rings. The van der Waals surface area contributed by atoms with Crippen molar-refractivity contribution >= 4 is 31.5 Å². The summed E-state index contributed by atoms with van der Waals surface area (Å²) in [5.74, 6) is -0.285. The number of carbonyl (C=O) groups is 1. The Bertz CT molecular complexity index is 696. The Morgan fingerprint density at radius 3 is 2.85 bits per heavy atom. The van der Waals surface area contributed by atoms with E-state index in [1.807, 2.05) is 6.07 Å². The quantitative estimate of drug-likeness (QED) is 0.781. The molecule has 0 aliphatic carbocycles. The summed E-state index contributed by atoms with van der Waals surface area (Å²) in [6.07, 6.45) is 1.52. The lowest BCUT2D eigenvalue weighted by Gasteiger charge is -2.17. The molecule has 1 unspecified atom stereocenters. The highest BCUT2D eigenvalue weighted by Crippen LogP contribution is 2.27. The fraction of sp³-hybridized carbons (Fsp3) is 0.417. The number of pyridine rings is 1. The molecule has 6 nitrogen and oxygen atoms in total. The number of nitriles is 1. The topological polar surface area (TPSA) is 91.1 Å². The Labute approximate surface area is 121 Å². The SMILES string of the molecule is Cc1cc(C#N)cnc1N1CC(CS(=O)(=O)Cl)CC1=O. The molecule has 8 heteroatoms. The average molecular weight is 314 g/mol. The van der Waals surface area contributed by atoms with Gasteiger partial charge in [-0.15, -0.1) is 0 Å². The first-order valence-corrected chi connectivity index (χ1v) is 8.37. The molecule has 106 valence electrons. The molecular formula is C12H12ClN3O3S. The predicted molar refractivity (Wildman–Crippen MR) is 73.8 cm³/mol. The lowest BCUT2D eigenvalue weighted by Crippen LogP contribution is -2.27. The first kappa shape index (κ1) is 14.8. The third-order valence-corrected chi connectivity index (χ3v) is 4.32. The summed E-state index contributed by atoms with van der Waals surface area (Å²) < 4.78 is 22.1. The van der Waals surface area contributed by atoms with Crippen molar-refractivity contribution in [3.8, 4) is 6.07 Å². The van der Waals surface area contributed by atoms with Crippen LogP contribution in [0.4, 0.5) is 5.82 Å². The minimum Gasteiger partial charge on any atom is -0.296 e. The molecule has 0 aromatic carbocycles. The van der Waals surface area contributed by atoms with E-state index in [4.69, 9.17) is 15.9 Å². The number of hydrogen-bond acceptors (Lipinski definition) is 5. The van der Waals surface area contributed by atoms with Crippen molar-refractivity contribution in [1.82, 2.24) is 4.98 Å². The van der Waals surface area contributed by atoms with Crippen molar-refractivity contribution in [3.63, 3.8) is 0 Å². The summed E-state index contributed by atoms with van der Waals surface area (Å²) >= 11 is 0. The molecule has 20 heavy (non-hydrogen) atoms. The van der Waals surface area contributed by atoms with Crippen LogP contribution in [0.5, 0.6) is 0 Å². The Morgan fingerprint density at radius 2 is 2.30 bits per heavy atom. The van der Waals surface area contributed by atoms with Gasteiger partial charge in [-0.1, -0.05) is 0 Å². The number of aryl methyl sites for hydroxylation is 1. The molecule has 0 bridgehead atoms. The normalized spacial score (nSPS) is 19.1. The molecule has 2 rings (SSSR count). The van der Waals surface area contributed by atoms with Gasteiger partial charge in [-0.3, -0.25) is 9.69 Å². The third-order valence-electron chi connectivity index (χ3n) is 3.08. The molecular weight excluding hydrogens is 302 g/mol. The van der Waals surface area contributed by atoms with Gasteiger partial charge in [0.1, 0.15) is 11.9 Å². The van der Waals surface area contributed by atoms with Gasteiger partial charge >= 0.3 is 0 Å². The second-order valence-corrected chi connectivity index (χ2v) is 7.58. The smallest absolute Gasteiger partial charge is 0.232 e. The van der Waals surface area contributed by atoms with Gasteiger partial charge in [-0.2, -0.15) is 5.26 Å². The van der Waals surface area contributed by atoms with E-state index in [1.165, 1.54) is 11.1 Å². The summed E-state index contributed by atoms with van der Waals surface area (Å²) in [6, 6.07) is 3.61. The molecule has 1 aromatic heterocycles. The van der Waals surface area contributed by atoms with Gasteiger partial charge in [-0.05, 0) is 18.6 Å². The molecule has 0 N–H and O–H groups in total. The minimum atomic E-state index is -3.63. The second-order valence-electron chi connectivity index (χ2n) is 4.76. The Kier molecular flexibility index (Phi) is 3.97.